The molecular weight excluding hydrogens is 530 g/mol. The third kappa shape index (κ3) is 7.50. The molecule has 202 valence electrons. The topological polar surface area (TPSA) is 87.3 Å². The van der Waals surface area contributed by atoms with Gasteiger partial charge >= 0.3 is 0 Å². The second kappa shape index (κ2) is 13.3. The van der Waals surface area contributed by atoms with Gasteiger partial charge in [-0.2, -0.15) is 0 Å². The lowest BCUT2D eigenvalue weighted by Crippen LogP contribution is -2.30. The summed E-state index contributed by atoms with van der Waals surface area (Å²) >= 11 is 1.36. The number of carbonyl (C=O) groups excluding carboxylic acids is 3. The molecule has 41 heavy (non-hydrogen) atoms. The van der Waals surface area contributed by atoms with E-state index in [0.717, 1.165) is 26.9 Å². The van der Waals surface area contributed by atoms with Crippen molar-refractivity contribution in [3.8, 4) is 0 Å². The lowest BCUT2D eigenvalue weighted by atomic mass is 10.0. The van der Waals surface area contributed by atoms with Crippen molar-refractivity contribution in [1.29, 1.82) is 0 Å². The van der Waals surface area contributed by atoms with Gasteiger partial charge in [0, 0.05) is 21.8 Å². The van der Waals surface area contributed by atoms with Crippen LogP contribution in [0.1, 0.15) is 15.9 Å². The van der Waals surface area contributed by atoms with Gasteiger partial charge in [0.05, 0.1) is 5.75 Å². The highest BCUT2D eigenvalue weighted by atomic mass is 32.2. The maximum absolute atomic E-state index is 13.5. The normalized spacial score (nSPS) is 11.1. The molecule has 0 aromatic heterocycles. The smallest absolute Gasteiger partial charge is 0.272 e. The molecule has 0 spiro atoms. The van der Waals surface area contributed by atoms with Crippen LogP contribution in [0.25, 0.3) is 16.8 Å². The minimum absolute atomic E-state index is 0.107. The van der Waals surface area contributed by atoms with Gasteiger partial charge in [-0.15, -0.1) is 11.8 Å². The first-order valence-corrected chi connectivity index (χ1v) is 14.0. The molecule has 0 saturated carbocycles. The number of rotatable bonds is 9. The van der Waals surface area contributed by atoms with E-state index in [0.29, 0.717) is 11.3 Å². The number of para-hydroxylation sites is 1. The quantitative estimate of drug-likeness (QED) is 0.135. The lowest BCUT2D eigenvalue weighted by molar-refractivity contribution is -0.114. The summed E-state index contributed by atoms with van der Waals surface area (Å²) in [6.07, 6.45) is 1.69. The van der Waals surface area contributed by atoms with E-state index in [1.165, 1.54) is 11.8 Å². The third-order valence-corrected chi connectivity index (χ3v) is 7.17. The molecule has 0 saturated heterocycles. The summed E-state index contributed by atoms with van der Waals surface area (Å²) in [4.78, 5) is 39.8. The molecule has 0 radical (unpaired) electrons. The summed E-state index contributed by atoms with van der Waals surface area (Å²) in [6, 6.07) is 39.0. The Morgan fingerprint density at radius 1 is 0.659 bits per heavy atom. The predicted molar refractivity (Wildman–Crippen MR) is 167 cm³/mol. The minimum Gasteiger partial charge on any atom is -0.325 e. The van der Waals surface area contributed by atoms with Crippen molar-refractivity contribution in [2.75, 3.05) is 16.4 Å². The number of anilines is 2. The standard InChI is InChI=1S/C34H27N3O3S/c38-32(35-27-16-5-2-6-17-27)23-41-29-19-10-18-28(22-29)36-34(40)31(37-33(39)25-12-3-1-4-13-25)21-26-15-9-14-24-11-7-8-20-30(24)26/h1-22H,23H2,(H,35,38)(H,36,40)(H,37,39)/b31-21+. The molecule has 0 fully saturated rings. The Balaban J connectivity index is 1.34. The third-order valence-electron chi connectivity index (χ3n) is 6.17. The maximum atomic E-state index is 13.5. The number of amides is 3. The van der Waals surface area contributed by atoms with E-state index in [9.17, 15) is 14.4 Å². The average Bonchev–Trinajstić information content (AvgIpc) is 3.01. The fourth-order valence-electron chi connectivity index (χ4n) is 4.20. The minimum atomic E-state index is -0.466. The molecule has 0 aliphatic carbocycles. The van der Waals surface area contributed by atoms with Gasteiger partial charge in [-0.1, -0.05) is 84.9 Å². The van der Waals surface area contributed by atoms with Gasteiger partial charge in [-0.25, -0.2) is 0 Å². The molecule has 0 aliphatic heterocycles. The Kier molecular flexibility index (Phi) is 8.88. The number of benzene rings is 5. The van der Waals surface area contributed by atoms with Crippen LogP contribution in [0.2, 0.25) is 0 Å². The van der Waals surface area contributed by atoms with Crippen molar-refractivity contribution < 1.29 is 14.4 Å². The Bertz CT molecular complexity index is 1710. The van der Waals surface area contributed by atoms with Crippen LogP contribution in [0.15, 0.2) is 138 Å². The van der Waals surface area contributed by atoms with Crippen LogP contribution in [-0.4, -0.2) is 23.5 Å². The molecule has 5 rings (SSSR count). The molecule has 0 atom stereocenters. The van der Waals surface area contributed by atoms with Crippen molar-refractivity contribution in [3.63, 3.8) is 0 Å². The molecule has 0 heterocycles. The van der Waals surface area contributed by atoms with Crippen molar-refractivity contribution >= 4 is 57.7 Å². The largest absolute Gasteiger partial charge is 0.325 e. The van der Waals surface area contributed by atoms with Gasteiger partial charge in [0.2, 0.25) is 5.91 Å². The fourth-order valence-corrected chi connectivity index (χ4v) is 4.96. The van der Waals surface area contributed by atoms with Crippen molar-refractivity contribution in [2.45, 2.75) is 4.90 Å². The molecule has 3 N–H and O–H groups in total. The van der Waals surface area contributed by atoms with Gasteiger partial charge in [0.1, 0.15) is 5.70 Å². The average molecular weight is 558 g/mol. The van der Waals surface area contributed by atoms with Crippen LogP contribution in [0, 0.1) is 0 Å². The molecule has 5 aromatic rings. The molecular formula is C34H27N3O3S. The molecule has 7 heteroatoms. The summed E-state index contributed by atoms with van der Waals surface area (Å²) in [5.41, 5.74) is 2.63. The Morgan fingerprint density at radius 3 is 2.12 bits per heavy atom. The number of thioether (sulfide) groups is 1. The van der Waals surface area contributed by atoms with Crippen LogP contribution in [-0.2, 0) is 9.59 Å². The van der Waals surface area contributed by atoms with Gasteiger partial charge in [0.15, 0.2) is 0 Å². The SMILES string of the molecule is O=C(CSc1cccc(NC(=O)/C(=C\c2cccc3ccccc23)NC(=O)c2ccccc2)c1)Nc1ccccc1. The molecule has 0 bridgehead atoms. The van der Waals surface area contributed by atoms with Crippen molar-refractivity contribution in [2.24, 2.45) is 0 Å². The first-order chi connectivity index (χ1) is 20.0. The van der Waals surface area contributed by atoms with Crippen molar-refractivity contribution in [1.82, 2.24) is 5.32 Å². The Morgan fingerprint density at radius 2 is 1.32 bits per heavy atom. The highest BCUT2D eigenvalue weighted by Gasteiger charge is 2.16. The van der Waals surface area contributed by atoms with Gasteiger partial charge in [-0.3, -0.25) is 14.4 Å². The zero-order valence-corrected chi connectivity index (χ0v) is 22.9. The van der Waals surface area contributed by atoms with Crippen LogP contribution in [0.5, 0.6) is 0 Å². The van der Waals surface area contributed by atoms with Gasteiger partial charge in [-0.05, 0) is 64.9 Å². The Hall–Kier alpha value is -5.14. The summed E-state index contributed by atoms with van der Waals surface area (Å²) < 4.78 is 0. The zero-order chi connectivity index (χ0) is 28.4. The van der Waals surface area contributed by atoms with E-state index >= 15 is 0 Å². The number of carbonyl (C=O) groups is 3. The predicted octanol–water partition coefficient (Wildman–Crippen LogP) is 6.98. The number of hydrogen-bond donors (Lipinski definition) is 3. The number of nitrogens with one attached hydrogen (secondary N) is 3. The Labute approximate surface area is 242 Å². The fraction of sp³-hybridized carbons (Fsp3) is 0.0294. The summed E-state index contributed by atoms with van der Waals surface area (Å²) in [6.45, 7) is 0. The van der Waals surface area contributed by atoms with Crippen molar-refractivity contribution in [3.05, 3.63) is 144 Å². The second-order valence-corrected chi connectivity index (χ2v) is 10.2. The lowest BCUT2D eigenvalue weighted by Gasteiger charge is -2.13. The molecule has 5 aromatic carbocycles. The molecule has 3 amide bonds. The highest BCUT2D eigenvalue weighted by Crippen LogP contribution is 2.24. The van der Waals surface area contributed by atoms with Gasteiger partial charge in [0.25, 0.3) is 11.8 Å². The van der Waals surface area contributed by atoms with Crippen LogP contribution in [0.3, 0.4) is 0 Å². The van der Waals surface area contributed by atoms with E-state index in [1.54, 1.807) is 42.5 Å². The van der Waals surface area contributed by atoms with Crippen LogP contribution in [0.4, 0.5) is 11.4 Å². The first-order valence-electron chi connectivity index (χ1n) is 13.0. The number of hydrogen-bond acceptors (Lipinski definition) is 4. The highest BCUT2D eigenvalue weighted by molar-refractivity contribution is 8.00. The molecule has 0 unspecified atom stereocenters. The van der Waals surface area contributed by atoms with Gasteiger partial charge < -0.3 is 16.0 Å². The zero-order valence-electron chi connectivity index (χ0n) is 22.0. The van der Waals surface area contributed by atoms with Crippen LogP contribution >= 0.6 is 11.8 Å². The van der Waals surface area contributed by atoms with Crippen LogP contribution < -0.4 is 16.0 Å². The summed E-state index contributed by atoms with van der Waals surface area (Å²) in [5.74, 6) is -0.766. The summed E-state index contributed by atoms with van der Waals surface area (Å²) in [7, 11) is 0. The first kappa shape index (κ1) is 27.4. The van der Waals surface area contributed by atoms with E-state index in [1.807, 2.05) is 91.0 Å². The van der Waals surface area contributed by atoms with E-state index < -0.39 is 5.91 Å². The van der Waals surface area contributed by atoms with E-state index in [-0.39, 0.29) is 23.3 Å². The summed E-state index contributed by atoms with van der Waals surface area (Å²) in [5, 5.41) is 10.5. The molecule has 0 aliphatic rings. The number of fused-ring (bicyclic) bond motifs is 1. The monoisotopic (exact) mass is 557 g/mol. The molecule has 6 nitrogen and oxygen atoms in total. The van der Waals surface area contributed by atoms with E-state index in [2.05, 4.69) is 16.0 Å². The van der Waals surface area contributed by atoms with E-state index in [4.69, 9.17) is 0 Å². The second-order valence-electron chi connectivity index (χ2n) is 9.13. The maximum Gasteiger partial charge on any atom is 0.272 e.